The zero-order valence-electron chi connectivity index (χ0n) is 26.4. The molecule has 0 bridgehead atoms. The van der Waals surface area contributed by atoms with Crippen LogP contribution in [0.1, 0.15) is 11.1 Å². The van der Waals surface area contributed by atoms with Crippen LogP contribution in [0.2, 0.25) is 0 Å². The first-order valence-electron chi connectivity index (χ1n) is 16.2. The summed E-state index contributed by atoms with van der Waals surface area (Å²) in [6.45, 7) is 4.26. The maximum Gasteiger partial charge on any atom is 0.0548 e. The Morgan fingerprint density at radius 3 is 1.60 bits per heavy atom. The van der Waals surface area contributed by atoms with Crippen LogP contribution in [-0.4, -0.2) is 9.55 Å². The number of anilines is 3. The second-order valence-corrected chi connectivity index (χ2v) is 12.5. The van der Waals surface area contributed by atoms with Gasteiger partial charge in [-0.05, 0) is 97.8 Å². The van der Waals surface area contributed by atoms with Gasteiger partial charge in [0.15, 0.2) is 0 Å². The van der Waals surface area contributed by atoms with E-state index in [1.807, 2.05) is 0 Å². The summed E-state index contributed by atoms with van der Waals surface area (Å²) in [4.78, 5) is 5.95. The normalized spacial score (nSPS) is 11.6. The highest BCUT2D eigenvalue weighted by Gasteiger charge is 2.16. The third-order valence-corrected chi connectivity index (χ3v) is 9.47. The summed E-state index contributed by atoms with van der Waals surface area (Å²) in [6.07, 6.45) is 0. The van der Waals surface area contributed by atoms with Crippen LogP contribution < -0.4 is 4.90 Å². The van der Waals surface area contributed by atoms with Gasteiger partial charge in [0.05, 0.1) is 11.0 Å². The molecule has 0 saturated heterocycles. The van der Waals surface area contributed by atoms with Crippen LogP contribution >= 0.6 is 0 Å². The topological polar surface area (TPSA) is 24.0 Å². The van der Waals surface area contributed by atoms with Crippen molar-refractivity contribution in [3.8, 4) is 16.8 Å². The lowest BCUT2D eigenvalue weighted by molar-refractivity contribution is 1.18. The molecule has 0 aliphatic rings. The minimum absolute atomic E-state index is 1.13. The average Bonchev–Trinajstić information content (AvgIpc) is 3.64. The molecule has 2 aromatic heterocycles. The number of aromatic nitrogens is 2. The quantitative estimate of drug-likeness (QED) is 0.208. The molecular weight excluding hydrogens is 571 g/mol. The van der Waals surface area contributed by atoms with Gasteiger partial charge in [0, 0.05) is 55.3 Å². The Kier molecular flexibility index (Phi) is 6.26. The zero-order valence-corrected chi connectivity index (χ0v) is 26.4. The molecule has 0 spiro atoms. The highest BCUT2D eigenvalue weighted by atomic mass is 15.1. The van der Waals surface area contributed by atoms with E-state index in [2.05, 4.69) is 186 Å². The molecule has 0 aliphatic heterocycles. The monoisotopic (exact) mass is 603 g/mol. The van der Waals surface area contributed by atoms with Gasteiger partial charge < -0.3 is 14.5 Å². The highest BCUT2D eigenvalue weighted by Crippen LogP contribution is 2.38. The first-order chi connectivity index (χ1) is 23.1. The Morgan fingerprint density at radius 2 is 0.957 bits per heavy atom. The van der Waals surface area contributed by atoms with Crippen molar-refractivity contribution >= 4 is 60.7 Å². The smallest absolute Gasteiger partial charge is 0.0548 e. The number of hydrogen-bond donors (Lipinski definition) is 1. The van der Waals surface area contributed by atoms with Gasteiger partial charge in [-0.3, -0.25) is 0 Å². The van der Waals surface area contributed by atoms with Crippen LogP contribution in [0.4, 0.5) is 17.1 Å². The summed E-state index contributed by atoms with van der Waals surface area (Å²) in [5.41, 5.74) is 14.2. The third kappa shape index (κ3) is 4.59. The second kappa shape index (κ2) is 10.8. The van der Waals surface area contributed by atoms with Crippen molar-refractivity contribution in [3.63, 3.8) is 0 Å². The molecular formula is C44H33N3. The molecule has 9 rings (SSSR count). The number of nitrogens with zero attached hydrogens (tertiary/aromatic N) is 2. The van der Waals surface area contributed by atoms with E-state index in [0.29, 0.717) is 0 Å². The molecule has 9 aromatic rings. The summed E-state index contributed by atoms with van der Waals surface area (Å²) >= 11 is 0. The van der Waals surface area contributed by atoms with Crippen molar-refractivity contribution in [1.29, 1.82) is 0 Å². The lowest BCUT2D eigenvalue weighted by Crippen LogP contribution is -2.09. The van der Waals surface area contributed by atoms with E-state index in [-0.39, 0.29) is 0 Å². The van der Waals surface area contributed by atoms with Crippen molar-refractivity contribution in [2.75, 3.05) is 4.90 Å². The van der Waals surface area contributed by atoms with Crippen LogP contribution in [0, 0.1) is 13.8 Å². The molecule has 47 heavy (non-hydrogen) atoms. The molecule has 7 aromatic carbocycles. The fraction of sp³-hybridized carbons (Fsp3) is 0.0455. The van der Waals surface area contributed by atoms with Crippen LogP contribution in [-0.2, 0) is 0 Å². The molecule has 3 heteroatoms. The maximum atomic E-state index is 3.63. The van der Waals surface area contributed by atoms with E-state index in [9.17, 15) is 0 Å². The number of aryl methyl sites for hydroxylation is 2. The number of H-pyrrole nitrogens is 1. The number of nitrogens with one attached hydrogen (secondary N) is 1. The molecule has 224 valence electrons. The van der Waals surface area contributed by atoms with E-state index < -0.39 is 0 Å². The minimum atomic E-state index is 1.13. The van der Waals surface area contributed by atoms with Crippen molar-refractivity contribution in [2.24, 2.45) is 0 Å². The van der Waals surface area contributed by atoms with Crippen LogP contribution in [0.5, 0.6) is 0 Å². The van der Waals surface area contributed by atoms with E-state index in [4.69, 9.17) is 0 Å². The average molecular weight is 604 g/mol. The molecule has 1 N–H and O–H groups in total. The standard InChI is InChI=1S/C44H33N3/c1-29-11-19-33(20-12-29)46(34-21-13-30(2)14-22-34)35-23-15-31(16-24-35)32-17-25-36(26-18-32)47-43-10-6-4-8-38(43)40-27-42-39(28-44(40)47)37-7-3-5-9-41(37)45-42/h3-28,45H,1-2H3. The first-order valence-corrected chi connectivity index (χ1v) is 16.2. The molecule has 0 atom stereocenters. The van der Waals surface area contributed by atoms with Gasteiger partial charge in [-0.1, -0.05) is 96.1 Å². The minimum Gasteiger partial charge on any atom is -0.354 e. The lowest BCUT2D eigenvalue weighted by atomic mass is 10.0. The fourth-order valence-electron chi connectivity index (χ4n) is 7.03. The van der Waals surface area contributed by atoms with Crippen LogP contribution in [0.15, 0.2) is 158 Å². The predicted molar refractivity (Wildman–Crippen MR) is 200 cm³/mol. The number of hydrogen-bond acceptors (Lipinski definition) is 1. The number of para-hydroxylation sites is 2. The fourth-order valence-corrected chi connectivity index (χ4v) is 7.03. The highest BCUT2D eigenvalue weighted by molar-refractivity contribution is 6.18. The third-order valence-electron chi connectivity index (χ3n) is 9.47. The van der Waals surface area contributed by atoms with Gasteiger partial charge in [0.1, 0.15) is 0 Å². The Bertz CT molecular complexity index is 2500. The van der Waals surface area contributed by atoms with Crippen molar-refractivity contribution < 1.29 is 0 Å². The number of rotatable bonds is 5. The number of fused-ring (bicyclic) bond motifs is 6. The Balaban J connectivity index is 1.10. The Morgan fingerprint density at radius 1 is 0.426 bits per heavy atom. The van der Waals surface area contributed by atoms with Gasteiger partial charge in [-0.25, -0.2) is 0 Å². The summed E-state index contributed by atoms with van der Waals surface area (Å²) in [5, 5.41) is 5.02. The van der Waals surface area contributed by atoms with Crippen LogP contribution in [0.25, 0.3) is 60.4 Å². The summed E-state index contributed by atoms with van der Waals surface area (Å²) in [6, 6.07) is 57.3. The van der Waals surface area contributed by atoms with Gasteiger partial charge >= 0.3 is 0 Å². The zero-order chi connectivity index (χ0) is 31.5. The Hall–Kier alpha value is -6.06. The molecule has 0 radical (unpaired) electrons. The van der Waals surface area contributed by atoms with E-state index in [1.165, 1.54) is 65.9 Å². The van der Waals surface area contributed by atoms with E-state index in [0.717, 1.165) is 22.7 Å². The van der Waals surface area contributed by atoms with Gasteiger partial charge in [-0.15, -0.1) is 0 Å². The van der Waals surface area contributed by atoms with E-state index >= 15 is 0 Å². The van der Waals surface area contributed by atoms with Crippen molar-refractivity contribution in [1.82, 2.24) is 9.55 Å². The Labute approximate surface area is 274 Å². The first kappa shape index (κ1) is 27.3. The van der Waals surface area contributed by atoms with Crippen molar-refractivity contribution in [3.05, 3.63) is 169 Å². The summed E-state index contributed by atoms with van der Waals surface area (Å²) < 4.78 is 2.40. The SMILES string of the molecule is Cc1ccc(N(c2ccc(C)cc2)c2ccc(-c3ccc(-n4c5ccccc5c5cc6[nH]c7ccccc7c6cc54)cc3)cc2)cc1. The van der Waals surface area contributed by atoms with Crippen LogP contribution in [0.3, 0.4) is 0 Å². The summed E-state index contributed by atoms with van der Waals surface area (Å²) in [5.74, 6) is 0. The van der Waals surface area contributed by atoms with Gasteiger partial charge in [0.2, 0.25) is 0 Å². The van der Waals surface area contributed by atoms with Crippen molar-refractivity contribution in [2.45, 2.75) is 13.8 Å². The molecule has 3 nitrogen and oxygen atoms in total. The predicted octanol–water partition coefficient (Wildman–Crippen LogP) is 12.2. The molecule has 0 saturated carbocycles. The van der Waals surface area contributed by atoms with Gasteiger partial charge in [-0.2, -0.15) is 0 Å². The largest absolute Gasteiger partial charge is 0.354 e. The summed E-state index contributed by atoms with van der Waals surface area (Å²) in [7, 11) is 0. The van der Waals surface area contributed by atoms with E-state index in [1.54, 1.807) is 0 Å². The second-order valence-electron chi connectivity index (χ2n) is 12.5. The lowest BCUT2D eigenvalue weighted by Gasteiger charge is -2.26. The van der Waals surface area contributed by atoms with Gasteiger partial charge in [0.25, 0.3) is 0 Å². The molecule has 0 unspecified atom stereocenters. The number of benzene rings is 7. The number of aromatic amines is 1. The molecule has 0 amide bonds. The maximum absolute atomic E-state index is 3.63. The molecule has 0 aliphatic carbocycles. The molecule has 2 heterocycles. The molecule has 0 fully saturated rings.